The Labute approximate surface area is 143 Å². The van der Waals surface area contributed by atoms with E-state index in [1.54, 1.807) is 35.0 Å². The van der Waals surface area contributed by atoms with Crippen molar-refractivity contribution in [2.24, 2.45) is 17.8 Å². The van der Waals surface area contributed by atoms with Crippen LogP contribution in [0.1, 0.15) is 19.3 Å². The molecule has 0 heterocycles. The zero-order chi connectivity index (χ0) is 16.5. The van der Waals surface area contributed by atoms with E-state index in [-0.39, 0.29) is 0 Å². The van der Waals surface area contributed by atoms with Gasteiger partial charge in [-0.1, -0.05) is 0 Å². The van der Waals surface area contributed by atoms with Crippen molar-refractivity contribution in [1.29, 1.82) is 0 Å². The molecular formula is C18H42Ge3. The van der Waals surface area contributed by atoms with Gasteiger partial charge in [0.25, 0.3) is 0 Å². The van der Waals surface area contributed by atoms with Crippen LogP contribution in [0.3, 0.4) is 0 Å². The monoisotopic (exact) mass is 480 g/mol. The minimum atomic E-state index is -1.38. The molecule has 0 aromatic carbocycles. The molecule has 126 valence electrons. The Morgan fingerprint density at radius 3 is 0.810 bits per heavy atom. The fraction of sp³-hybridized carbons (Fsp3) is 1.00. The third-order valence-electron chi connectivity index (χ3n) is 4.70. The first kappa shape index (κ1) is 20.7. The van der Waals surface area contributed by atoms with Crippen LogP contribution in [0.25, 0.3) is 0 Å². The van der Waals surface area contributed by atoms with Gasteiger partial charge in [0.15, 0.2) is 0 Å². The first-order valence-corrected chi connectivity index (χ1v) is 32.6. The summed E-state index contributed by atoms with van der Waals surface area (Å²) in [4.78, 5) is 0. The normalized spacial score (nSPS) is 28.7. The second-order valence-electron chi connectivity index (χ2n) is 11.6. The van der Waals surface area contributed by atoms with Crippen LogP contribution in [-0.4, -0.2) is 39.8 Å². The summed E-state index contributed by atoms with van der Waals surface area (Å²) in [6.07, 6.45) is 4.79. The first-order valence-electron chi connectivity index (χ1n) is 9.23. The van der Waals surface area contributed by atoms with Crippen LogP contribution in [0, 0.1) is 17.8 Å². The quantitative estimate of drug-likeness (QED) is 0.361. The Morgan fingerprint density at radius 2 is 0.667 bits per heavy atom. The molecule has 21 heavy (non-hydrogen) atoms. The zero-order valence-corrected chi connectivity index (χ0v) is 22.8. The molecule has 0 amide bonds. The van der Waals surface area contributed by atoms with Crippen LogP contribution in [-0.2, 0) is 0 Å². The molecule has 0 unspecified atom stereocenters. The molecule has 1 aliphatic carbocycles. The van der Waals surface area contributed by atoms with Crippen molar-refractivity contribution in [3.63, 3.8) is 0 Å². The Bertz CT molecular complexity index is 259. The number of rotatable bonds is 6. The predicted molar refractivity (Wildman–Crippen MR) is 109 cm³/mol. The van der Waals surface area contributed by atoms with Crippen LogP contribution in [0.2, 0.25) is 67.6 Å². The topological polar surface area (TPSA) is 0 Å². The van der Waals surface area contributed by atoms with E-state index in [1.807, 2.05) is 0 Å². The maximum absolute atomic E-state index is 2.63. The van der Waals surface area contributed by atoms with E-state index in [0.29, 0.717) is 0 Å². The molecule has 0 atom stereocenters. The standard InChI is InChI=1S/C18H42Ge3/c1-19(2,3)13-16-10-17(14-20(4,5)6)12-18(11-16)15-21(7,8)9/h16-18H,10-15H2,1-9H3. The Balaban J connectivity index is 2.73. The van der Waals surface area contributed by atoms with Crippen molar-refractivity contribution in [2.75, 3.05) is 0 Å². The molecule has 1 fully saturated rings. The third-order valence-corrected chi connectivity index (χ3v) is 16.0. The van der Waals surface area contributed by atoms with Crippen LogP contribution in [0.5, 0.6) is 0 Å². The third kappa shape index (κ3) is 10.2. The summed E-state index contributed by atoms with van der Waals surface area (Å²) < 4.78 is 0. The summed E-state index contributed by atoms with van der Waals surface area (Å²) in [7, 11) is 0. The average Bonchev–Trinajstić information content (AvgIpc) is 2.06. The van der Waals surface area contributed by atoms with E-state index >= 15 is 0 Å². The van der Waals surface area contributed by atoms with Crippen molar-refractivity contribution in [1.82, 2.24) is 0 Å². The van der Waals surface area contributed by atoms with Gasteiger partial charge in [0.05, 0.1) is 0 Å². The van der Waals surface area contributed by atoms with E-state index in [9.17, 15) is 0 Å². The first-order chi connectivity index (χ1) is 9.23. The van der Waals surface area contributed by atoms with E-state index in [4.69, 9.17) is 0 Å². The Morgan fingerprint density at radius 1 is 0.476 bits per heavy atom. The summed E-state index contributed by atoms with van der Waals surface area (Å²) in [5.74, 6) is 26.9. The molecule has 1 rings (SSSR count). The fourth-order valence-electron chi connectivity index (χ4n) is 4.80. The molecule has 0 saturated heterocycles. The van der Waals surface area contributed by atoms with Crippen molar-refractivity contribution in [3.05, 3.63) is 0 Å². The second-order valence-corrected chi connectivity index (χ2v) is 46.4. The second kappa shape index (κ2) is 7.68. The van der Waals surface area contributed by atoms with Crippen LogP contribution in [0.15, 0.2) is 0 Å². The Kier molecular flexibility index (Phi) is 7.56. The van der Waals surface area contributed by atoms with Gasteiger partial charge in [0, 0.05) is 0 Å². The summed E-state index contributed by atoms with van der Waals surface area (Å²) in [5.41, 5.74) is 0. The molecule has 0 bridgehead atoms. The molecule has 0 aromatic rings. The van der Waals surface area contributed by atoms with Gasteiger partial charge in [-0.2, -0.15) is 0 Å². The molecule has 0 N–H and O–H groups in total. The molecule has 0 spiro atoms. The Hall–Kier alpha value is 1.63. The molecule has 0 radical (unpaired) electrons. The average molecular weight is 476 g/mol. The van der Waals surface area contributed by atoms with Crippen molar-refractivity contribution >= 4 is 39.8 Å². The molecule has 3 heteroatoms. The molecule has 0 nitrogen and oxygen atoms in total. The number of hydrogen-bond donors (Lipinski definition) is 0. The van der Waals surface area contributed by atoms with Crippen LogP contribution < -0.4 is 0 Å². The van der Waals surface area contributed by atoms with Crippen molar-refractivity contribution in [3.8, 4) is 0 Å². The van der Waals surface area contributed by atoms with E-state index in [1.165, 1.54) is 0 Å². The summed E-state index contributed by atoms with van der Waals surface area (Å²) in [6, 6.07) is 0. The van der Waals surface area contributed by atoms with Crippen molar-refractivity contribution in [2.45, 2.75) is 86.8 Å². The SMILES string of the molecule is [CH3][Ge]([CH3])([CH3])[CH2]C1CC([CH2][Ge]([CH3])([CH3])[CH3])CC([CH2][Ge]([CH3])([CH3])[CH3])C1. The van der Waals surface area contributed by atoms with Gasteiger partial charge in [-0.15, -0.1) is 0 Å². The van der Waals surface area contributed by atoms with E-state index in [2.05, 4.69) is 51.8 Å². The van der Waals surface area contributed by atoms with Gasteiger partial charge < -0.3 is 0 Å². The molecule has 1 aliphatic rings. The van der Waals surface area contributed by atoms with Gasteiger partial charge >= 0.3 is 144 Å². The summed E-state index contributed by atoms with van der Waals surface area (Å²) in [5, 5.41) is 4.92. The van der Waals surface area contributed by atoms with Crippen molar-refractivity contribution < 1.29 is 0 Å². The fourth-order valence-corrected chi connectivity index (χ4v) is 17.8. The van der Waals surface area contributed by atoms with Gasteiger partial charge in [0.1, 0.15) is 0 Å². The summed E-state index contributed by atoms with van der Waals surface area (Å²) in [6.45, 7) is 0. The van der Waals surface area contributed by atoms with Gasteiger partial charge in [-0.25, -0.2) is 0 Å². The van der Waals surface area contributed by atoms with Gasteiger partial charge in [-0.3, -0.25) is 0 Å². The number of hydrogen-bond acceptors (Lipinski definition) is 0. The molecule has 0 aliphatic heterocycles. The maximum atomic E-state index is 2.63. The molecule has 0 aromatic heterocycles. The predicted octanol–water partition coefficient (Wildman–Crippen LogP) is 7.03. The van der Waals surface area contributed by atoms with Gasteiger partial charge in [0.2, 0.25) is 0 Å². The van der Waals surface area contributed by atoms with Gasteiger partial charge in [-0.05, 0) is 0 Å². The van der Waals surface area contributed by atoms with E-state index < -0.39 is 39.8 Å². The van der Waals surface area contributed by atoms with E-state index in [0.717, 1.165) is 17.8 Å². The zero-order valence-electron chi connectivity index (χ0n) is 16.5. The summed E-state index contributed by atoms with van der Waals surface area (Å²) >= 11 is -4.15. The van der Waals surface area contributed by atoms with Crippen LogP contribution in [0.4, 0.5) is 0 Å². The minimum absolute atomic E-state index is 1.10. The van der Waals surface area contributed by atoms with Crippen LogP contribution >= 0.6 is 0 Å². The molecular weight excluding hydrogens is 434 g/mol. The molecule has 1 saturated carbocycles.